The monoisotopic (exact) mass is 473 g/mol. The van der Waals surface area contributed by atoms with E-state index in [1.54, 1.807) is 0 Å². The lowest BCUT2D eigenvalue weighted by Gasteiger charge is -2.07. The number of carbonyl (C=O) groups excluding carboxylic acids is 1. The standard InChI is InChI=1S/C27H39NO6/c29-24-21-23(20-22-16-12-11-13-17-22)27(33)28(24)34-26(32)19-15-10-8-6-4-2-1-3-5-7-9-14-18-25(30)31/h11-13,16-17,21,29,33H,1-10,14-15,18-20H2,(H,30,31). The predicted molar refractivity (Wildman–Crippen MR) is 131 cm³/mol. The van der Waals surface area contributed by atoms with Crippen molar-refractivity contribution >= 4 is 11.9 Å². The number of carboxylic acid groups (broad SMARTS) is 1. The molecule has 1 aromatic heterocycles. The van der Waals surface area contributed by atoms with Gasteiger partial charge in [-0.15, -0.1) is 4.73 Å². The van der Waals surface area contributed by atoms with Crippen molar-refractivity contribution in [2.45, 2.75) is 96.3 Å². The Morgan fingerprint density at radius 1 is 0.735 bits per heavy atom. The van der Waals surface area contributed by atoms with E-state index in [0.29, 0.717) is 12.0 Å². The Balaban J connectivity index is 1.50. The van der Waals surface area contributed by atoms with E-state index in [2.05, 4.69) is 0 Å². The molecule has 2 aromatic rings. The third-order valence-corrected chi connectivity index (χ3v) is 5.94. The quantitative estimate of drug-likeness (QED) is 0.229. The van der Waals surface area contributed by atoms with Crippen LogP contribution in [0.3, 0.4) is 0 Å². The maximum absolute atomic E-state index is 12.1. The van der Waals surface area contributed by atoms with E-state index in [0.717, 1.165) is 55.2 Å². The lowest BCUT2D eigenvalue weighted by atomic mass is 10.0. The fourth-order valence-electron chi connectivity index (χ4n) is 4.01. The maximum Gasteiger partial charge on any atom is 0.333 e. The van der Waals surface area contributed by atoms with E-state index in [1.165, 1.54) is 38.2 Å². The van der Waals surface area contributed by atoms with Gasteiger partial charge in [0.15, 0.2) is 0 Å². The van der Waals surface area contributed by atoms with E-state index < -0.39 is 11.9 Å². The van der Waals surface area contributed by atoms with Gasteiger partial charge in [-0.3, -0.25) is 4.79 Å². The number of carbonyl (C=O) groups is 2. The molecule has 0 saturated carbocycles. The van der Waals surface area contributed by atoms with Gasteiger partial charge in [-0.05, 0) is 18.4 Å². The summed E-state index contributed by atoms with van der Waals surface area (Å²) in [6, 6.07) is 11.0. The van der Waals surface area contributed by atoms with E-state index in [9.17, 15) is 19.8 Å². The van der Waals surface area contributed by atoms with E-state index in [4.69, 9.17) is 9.94 Å². The molecule has 0 aliphatic carbocycles. The molecular weight excluding hydrogens is 434 g/mol. The van der Waals surface area contributed by atoms with Gasteiger partial charge in [0, 0.05) is 30.9 Å². The zero-order valence-corrected chi connectivity index (χ0v) is 20.1. The fourth-order valence-corrected chi connectivity index (χ4v) is 4.01. The van der Waals surface area contributed by atoms with Crippen LogP contribution < -0.4 is 4.84 Å². The Labute approximate surface area is 202 Å². The highest BCUT2D eigenvalue weighted by molar-refractivity contribution is 5.70. The van der Waals surface area contributed by atoms with Crippen LogP contribution in [0.1, 0.15) is 101 Å². The molecule has 0 fully saturated rings. The zero-order chi connectivity index (χ0) is 24.6. The molecule has 0 unspecified atom stereocenters. The summed E-state index contributed by atoms with van der Waals surface area (Å²) in [4.78, 5) is 27.7. The maximum atomic E-state index is 12.1. The molecule has 0 radical (unpaired) electrons. The molecule has 0 amide bonds. The molecule has 0 aliphatic heterocycles. The lowest BCUT2D eigenvalue weighted by Crippen LogP contribution is -2.18. The summed E-state index contributed by atoms with van der Waals surface area (Å²) < 4.78 is 0.798. The summed E-state index contributed by atoms with van der Waals surface area (Å²) in [6.45, 7) is 0. The summed E-state index contributed by atoms with van der Waals surface area (Å²) in [6.07, 6.45) is 13.8. The second-order valence-corrected chi connectivity index (χ2v) is 8.91. The number of carboxylic acids is 1. The normalized spacial score (nSPS) is 10.9. The number of unbranched alkanes of at least 4 members (excludes halogenated alkanes) is 11. The highest BCUT2D eigenvalue weighted by Crippen LogP contribution is 2.28. The third-order valence-electron chi connectivity index (χ3n) is 5.94. The molecule has 0 bridgehead atoms. The zero-order valence-electron chi connectivity index (χ0n) is 20.1. The van der Waals surface area contributed by atoms with Crippen LogP contribution in [0, 0.1) is 0 Å². The van der Waals surface area contributed by atoms with Gasteiger partial charge in [-0.1, -0.05) is 94.5 Å². The topological polar surface area (TPSA) is 109 Å². The number of aliphatic carboxylic acids is 1. The molecule has 7 heteroatoms. The summed E-state index contributed by atoms with van der Waals surface area (Å²) >= 11 is 0. The first-order chi connectivity index (χ1) is 16.5. The molecule has 0 spiro atoms. The summed E-state index contributed by atoms with van der Waals surface area (Å²) in [5.74, 6) is -1.73. The van der Waals surface area contributed by atoms with Gasteiger partial charge in [0.2, 0.25) is 11.8 Å². The van der Waals surface area contributed by atoms with Gasteiger partial charge in [-0.25, -0.2) is 4.79 Å². The van der Waals surface area contributed by atoms with Crippen LogP contribution in [-0.2, 0) is 16.0 Å². The minimum atomic E-state index is -0.704. The van der Waals surface area contributed by atoms with E-state index >= 15 is 0 Å². The van der Waals surface area contributed by atoms with Crippen LogP contribution in [0.2, 0.25) is 0 Å². The van der Waals surface area contributed by atoms with Gasteiger partial charge in [0.1, 0.15) is 0 Å². The average molecular weight is 474 g/mol. The summed E-state index contributed by atoms with van der Waals surface area (Å²) in [5, 5.41) is 29.0. The van der Waals surface area contributed by atoms with Crippen molar-refractivity contribution < 1.29 is 29.7 Å². The summed E-state index contributed by atoms with van der Waals surface area (Å²) in [5.41, 5.74) is 1.48. The summed E-state index contributed by atoms with van der Waals surface area (Å²) in [7, 11) is 0. The van der Waals surface area contributed by atoms with Crippen molar-refractivity contribution in [3.05, 3.63) is 47.5 Å². The van der Waals surface area contributed by atoms with Crippen molar-refractivity contribution in [3.8, 4) is 11.8 Å². The van der Waals surface area contributed by atoms with Crippen LogP contribution in [-0.4, -0.2) is 32.0 Å². The van der Waals surface area contributed by atoms with Gasteiger partial charge in [0.05, 0.1) is 0 Å². The first kappa shape index (κ1) is 27.3. The molecule has 0 saturated heterocycles. The van der Waals surface area contributed by atoms with Gasteiger partial charge >= 0.3 is 11.9 Å². The van der Waals surface area contributed by atoms with Crippen LogP contribution in [0.25, 0.3) is 0 Å². The third kappa shape index (κ3) is 10.8. The first-order valence-corrected chi connectivity index (χ1v) is 12.6. The van der Waals surface area contributed by atoms with Crippen molar-refractivity contribution in [2.75, 3.05) is 0 Å². The molecule has 0 atom stereocenters. The number of aromatic hydroxyl groups is 2. The molecule has 188 valence electrons. The SMILES string of the molecule is O=C(O)CCCCCCCCCCCCCCC(=O)On1c(O)cc(Cc2ccccc2)c1O. The Kier molecular flexibility index (Phi) is 12.7. The smallest absolute Gasteiger partial charge is 0.333 e. The van der Waals surface area contributed by atoms with Crippen LogP contribution in [0.5, 0.6) is 11.8 Å². The Hall–Kier alpha value is -2.96. The lowest BCUT2D eigenvalue weighted by molar-refractivity contribution is -0.145. The fraction of sp³-hybridized carbons (Fsp3) is 0.556. The highest BCUT2D eigenvalue weighted by Gasteiger charge is 2.18. The number of hydrogen-bond acceptors (Lipinski definition) is 5. The van der Waals surface area contributed by atoms with Crippen molar-refractivity contribution in [1.82, 2.24) is 4.73 Å². The minimum absolute atomic E-state index is 0.243. The predicted octanol–water partition coefficient (Wildman–Crippen LogP) is 5.99. The van der Waals surface area contributed by atoms with Crippen molar-refractivity contribution in [2.24, 2.45) is 0 Å². The van der Waals surface area contributed by atoms with E-state index in [-0.39, 0.29) is 24.6 Å². The van der Waals surface area contributed by atoms with Gasteiger partial charge < -0.3 is 20.2 Å². The molecule has 2 rings (SSSR count). The van der Waals surface area contributed by atoms with Gasteiger partial charge in [0.25, 0.3) is 0 Å². The highest BCUT2D eigenvalue weighted by atomic mass is 16.7. The number of hydrogen-bond donors (Lipinski definition) is 3. The van der Waals surface area contributed by atoms with Crippen LogP contribution in [0.15, 0.2) is 36.4 Å². The number of rotatable bonds is 18. The molecule has 0 aliphatic rings. The Bertz CT molecular complexity index is 862. The van der Waals surface area contributed by atoms with Crippen molar-refractivity contribution in [3.63, 3.8) is 0 Å². The van der Waals surface area contributed by atoms with Crippen LogP contribution >= 0.6 is 0 Å². The second-order valence-electron chi connectivity index (χ2n) is 8.91. The molecular formula is C27H39NO6. The largest absolute Gasteiger partial charge is 0.492 e. The molecule has 7 nitrogen and oxygen atoms in total. The second kappa shape index (κ2) is 15.8. The van der Waals surface area contributed by atoms with Crippen molar-refractivity contribution in [1.29, 1.82) is 0 Å². The minimum Gasteiger partial charge on any atom is -0.492 e. The van der Waals surface area contributed by atoms with E-state index in [1.807, 2.05) is 30.3 Å². The average Bonchev–Trinajstić information content (AvgIpc) is 3.07. The van der Waals surface area contributed by atoms with Crippen LogP contribution in [0.4, 0.5) is 0 Å². The molecule has 3 N–H and O–H groups in total. The number of nitrogens with zero attached hydrogens (tertiary/aromatic N) is 1. The first-order valence-electron chi connectivity index (χ1n) is 12.6. The molecule has 1 heterocycles. The number of aromatic nitrogens is 1. The van der Waals surface area contributed by atoms with Gasteiger partial charge in [-0.2, -0.15) is 0 Å². The molecule has 34 heavy (non-hydrogen) atoms. The Morgan fingerprint density at radius 2 is 1.24 bits per heavy atom. The number of benzene rings is 1. The molecule has 1 aromatic carbocycles. The Morgan fingerprint density at radius 3 is 1.76 bits per heavy atom.